The van der Waals surface area contributed by atoms with Gasteiger partial charge in [0.1, 0.15) is 11.3 Å². The predicted octanol–water partition coefficient (Wildman–Crippen LogP) is 2.75. The van der Waals surface area contributed by atoms with E-state index in [1.54, 1.807) is 12.1 Å². The highest BCUT2D eigenvalue weighted by molar-refractivity contribution is 9.09. The number of amides is 1. The van der Waals surface area contributed by atoms with E-state index < -0.39 is 5.91 Å². The second-order valence-electron chi connectivity index (χ2n) is 6.88. The summed E-state index contributed by atoms with van der Waals surface area (Å²) in [7, 11) is 0. The normalized spacial score (nSPS) is 17.4. The largest absolute Gasteiger partial charge is 0.491 e. The molecule has 23 heavy (non-hydrogen) atoms. The van der Waals surface area contributed by atoms with Gasteiger partial charge in [0.25, 0.3) is 0 Å². The smallest absolute Gasteiger partial charge is 0.248 e. The van der Waals surface area contributed by atoms with E-state index in [9.17, 15) is 4.79 Å². The molecule has 0 aliphatic carbocycles. The maximum atomic E-state index is 11.6. The first kappa shape index (κ1) is 16.1. The molecule has 1 atom stereocenters. The van der Waals surface area contributed by atoms with Crippen LogP contribution in [0.2, 0.25) is 0 Å². The average molecular weight is 381 g/mol. The van der Waals surface area contributed by atoms with Crippen molar-refractivity contribution in [1.29, 1.82) is 0 Å². The lowest BCUT2D eigenvalue weighted by molar-refractivity contribution is 0.1000. The van der Waals surface area contributed by atoms with Crippen LogP contribution in [0.3, 0.4) is 0 Å². The van der Waals surface area contributed by atoms with E-state index in [2.05, 4.69) is 51.6 Å². The Morgan fingerprint density at radius 2 is 2.30 bits per heavy atom. The van der Waals surface area contributed by atoms with E-state index >= 15 is 0 Å². The first-order valence-electron chi connectivity index (χ1n) is 7.60. The van der Waals surface area contributed by atoms with Gasteiger partial charge in [-0.2, -0.15) is 0 Å². The molecule has 0 radical (unpaired) electrons. The third-order valence-electron chi connectivity index (χ3n) is 3.90. The van der Waals surface area contributed by atoms with Gasteiger partial charge in [-0.1, -0.05) is 29.8 Å². The maximum Gasteiger partial charge on any atom is 0.248 e. The topological polar surface area (TPSA) is 82.2 Å². The van der Waals surface area contributed by atoms with Crippen molar-refractivity contribution in [3.63, 3.8) is 0 Å². The van der Waals surface area contributed by atoms with Gasteiger partial charge in [0.2, 0.25) is 11.9 Å². The lowest BCUT2D eigenvalue weighted by Crippen LogP contribution is -2.27. The molecule has 0 saturated carbocycles. The van der Waals surface area contributed by atoms with Crippen LogP contribution >= 0.6 is 15.9 Å². The number of nitrogens with two attached hydrogens (primary N) is 1. The molecule has 1 aliphatic heterocycles. The number of nitrogens with one attached hydrogen (secondary N) is 1. The van der Waals surface area contributed by atoms with Gasteiger partial charge in [0, 0.05) is 28.9 Å². The average Bonchev–Trinajstić information content (AvgIpc) is 2.73. The second-order valence-corrected chi connectivity index (χ2v) is 7.53. The lowest BCUT2D eigenvalue weighted by Gasteiger charge is -2.23. The molecule has 1 aromatic heterocycles. The molecule has 0 bridgehead atoms. The van der Waals surface area contributed by atoms with Crippen LogP contribution in [-0.4, -0.2) is 33.4 Å². The molecule has 2 aromatic rings. The number of anilines is 1. The van der Waals surface area contributed by atoms with Crippen LogP contribution in [-0.2, 0) is 6.54 Å². The van der Waals surface area contributed by atoms with E-state index in [1.807, 2.05) is 0 Å². The minimum atomic E-state index is -0.479. The molecule has 2 heterocycles. The summed E-state index contributed by atoms with van der Waals surface area (Å²) < 4.78 is 8.11. The van der Waals surface area contributed by atoms with E-state index in [0.717, 1.165) is 28.9 Å². The Labute approximate surface area is 143 Å². The summed E-state index contributed by atoms with van der Waals surface area (Å²) in [6, 6.07) is 3.67. The Morgan fingerprint density at radius 3 is 2.96 bits per heavy atom. The summed E-state index contributed by atoms with van der Waals surface area (Å²) >= 11 is 3.47. The molecule has 0 fully saturated rings. The number of alkyl halides is 1. The van der Waals surface area contributed by atoms with Gasteiger partial charge in [0.15, 0.2) is 0 Å². The summed E-state index contributed by atoms with van der Waals surface area (Å²) in [6.45, 7) is 7.73. The van der Waals surface area contributed by atoms with Gasteiger partial charge < -0.3 is 20.4 Å². The van der Waals surface area contributed by atoms with Crippen molar-refractivity contribution in [2.24, 2.45) is 11.1 Å². The fourth-order valence-electron chi connectivity index (χ4n) is 2.75. The molecule has 0 spiro atoms. The third-order valence-corrected chi connectivity index (χ3v) is 4.87. The molecule has 1 aromatic carbocycles. The molecule has 1 aliphatic rings. The molecule has 1 unspecified atom stereocenters. The number of hydrogen-bond donors (Lipinski definition) is 2. The van der Waals surface area contributed by atoms with Crippen molar-refractivity contribution in [3.8, 4) is 5.75 Å². The lowest BCUT2D eigenvalue weighted by atomic mass is 9.95. The van der Waals surface area contributed by atoms with Crippen molar-refractivity contribution in [3.05, 3.63) is 17.7 Å². The van der Waals surface area contributed by atoms with E-state index in [-0.39, 0.29) is 11.5 Å². The van der Waals surface area contributed by atoms with Crippen LogP contribution in [0.4, 0.5) is 5.95 Å². The fourth-order valence-corrected chi connectivity index (χ4v) is 2.91. The number of hydrogen-bond acceptors (Lipinski definition) is 4. The van der Waals surface area contributed by atoms with Crippen LogP contribution in [0.25, 0.3) is 11.0 Å². The molecule has 3 rings (SSSR count). The van der Waals surface area contributed by atoms with Crippen molar-refractivity contribution in [1.82, 2.24) is 9.55 Å². The van der Waals surface area contributed by atoms with Crippen molar-refractivity contribution in [2.75, 3.05) is 17.3 Å². The highest BCUT2D eigenvalue weighted by Crippen LogP contribution is 2.37. The van der Waals surface area contributed by atoms with Crippen LogP contribution in [0.5, 0.6) is 5.75 Å². The van der Waals surface area contributed by atoms with E-state index in [4.69, 9.17) is 10.5 Å². The van der Waals surface area contributed by atoms with E-state index in [1.165, 1.54) is 0 Å². The van der Waals surface area contributed by atoms with Crippen LogP contribution in [0.15, 0.2) is 12.1 Å². The predicted molar refractivity (Wildman–Crippen MR) is 94.4 cm³/mol. The molecule has 6 nitrogen and oxygen atoms in total. The van der Waals surface area contributed by atoms with E-state index in [0.29, 0.717) is 17.9 Å². The minimum absolute atomic E-state index is 0.0480. The van der Waals surface area contributed by atoms with Gasteiger partial charge in [-0.15, -0.1) is 0 Å². The maximum absolute atomic E-state index is 11.6. The molecule has 3 N–H and O–H groups in total. The SMILES string of the molecule is CC(CBr)Nc1nc2cc(C(N)=O)cc3c2n1CC(C)(C)CO3. The Balaban J connectivity index is 2.21. The Bertz CT molecular complexity index is 769. The first-order valence-corrected chi connectivity index (χ1v) is 8.72. The number of carbonyl (C=O) groups excluding carboxylic acids is 1. The molecule has 124 valence electrons. The zero-order valence-electron chi connectivity index (χ0n) is 13.5. The fraction of sp³-hybridized carbons (Fsp3) is 0.500. The zero-order chi connectivity index (χ0) is 16.8. The van der Waals surface area contributed by atoms with Crippen LogP contribution < -0.4 is 15.8 Å². The number of nitrogens with zero attached hydrogens (tertiary/aromatic N) is 2. The Morgan fingerprint density at radius 1 is 1.57 bits per heavy atom. The highest BCUT2D eigenvalue weighted by atomic mass is 79.9. The number of halogens is 1. The number of imidazole rings is 1. The number of benzene rings is 1. The van der Waals surface area contributed by atoms with Crippen LogP contribution in [0, 0.1) is 5.41 Å². The molecule has 7 heteroatoms. The summed E-state index contributed by atoms with van der Waals surface area (Å²) in [6.07, 6.45) is 0. The standard InChI is InChI=1S/C16H21BrN4O2/c1-9(6-17)19-15-20-11-4-10(14(18)22)5-12-13(11)21(15)7-16(2,3)8-23-12/h4-5,9H,6-8H2,1-3H3,(H2,18,22)(H,19,20). The highest BCUT2D eigenvalue weighted by Gasteiger charge is 2.29. The summed E-state index contributed by atoms with van der Waals surface area (Å²) in [5, 5.41) is 4.22. The first-order chi connectivity index (χ1) is 10.8. The number of carbonyl (C=O) groups is 1. The Kier molecular flexibility index (Phi) is 4.00. The van der Waals surface area contributed by atoms with Crippen molar-refractivity contribution >= 4 is 38.8 Å². The molecule has 0 saturated heterocycles. The summed E-state index contributed by atoms with van der Waals surface area (Å²) in [5.74, 6) is 0.968. The molecular formula is C16H21BrN4O2. The number of aromatic nitrogens is 2. The number of primary amides is 1. The number of ether oxygens (including phenoxy) is 1. The summed E-state index contributed by atoms with van der Waals surface area (Å²) in [4.78, 5) is 16.2. The van der Waals surface area contributed by atoms with Crippen LogP contribution in [0.1, 0.15) is 31.1 Å². The van der Waals surface area contributed by atoms with Gasteiger partial charge in [0.05, 0.1) is 12.1 Å². The molecule has 1 amide bonds. The summed E-state index contributed by atoms with van der Waals surface area (Å²) in [5.41, 5.74) is 7.43. The third kappa shape index (κ3) is 3.02. The van der Waals surface area contributed by atoms with Gasteiger partial charge >= 0.3 is 0 Å². The number of rotatable bonds is 4. The van der Waals surface area contributed by atoms with Crippen molar-refractivity contribution < 1.29 is 9.53 Å². The molecular weight excluding hydrogens is 360 g/mol. The van der Waals surface area contributed by atoms with Crippen molar-refractivity contribution in [2.45, 2.75) is 33.4 Å². The quantitative estimate of drug-likeness (QED) is 0.798. The zero-order valence-corrected chi connectivity index (χ0v) is 15.1. The van der Waals surface area contributed by atoms with Gasteiger partial charge in [-0.3, -0.25) is 4.79 Å². The monoisotopic (exact) mass is 380 g/mol. The second kappa shape index (κ2) is 5.70. The van der Waals surface area contributed by atoms with Gasteiger partial charge in [-0.05, 0) is 19.1 Å². The Hall–Kier alpha value is -1.76. The van der Waals surface area contributed by atoms with Gasteiger partial charge in [-0.25, -0.2) is 4.98 Å². The minimum Gasteiger partial charge on any atom is -0.491 e.